The molecule has 0 atom stereocenters. The van der Waals surface area contributed by atoms with Gasteiger partial charge in [0.1, 0.15) is 0 Å². The number of ether oxygens (including phenoxy) is 1. The molecule has 0 aromatic heterocycles. The molecular formula is C21H23ClN2O5S. The molecule has 2 aromatic carbocycles. The predicted molar refractivity (Wildman–Crippen MR) is 114 cm³/mol. The second-order valence-corrected chi connectivity index (χ2v) is 9.24. The number of nitrogens with zero attached hydrogens (tertiary/aromatic N) is 1. The lowest BCUT2D eigenvalue weighted by Gasteiger charge is -2.30. The Balaban J connectivity index is 1.59. The highest BCUT2D eigenvalue weighted by atomic mass is 35.5. The second kappa shape index (κ2) is 9.59. The molecule has 1 amide bonds. The fraction of sp³-hybridized carbons (Fsp3) is 0.333. The van der Waals surface area contributed by atoms with Crippen LogP contribution in [0.5, 0.6) is 0 Å². The van der Waals surface area contributed by atoms with Crippen molar-refractivity contribution in [2.75, 3.05) is 25.0 Å². The van der Waals surface area contributed by atoms with E-state index in [9.17, 15) is 18.0 Å². The zero-order chi connectivity index (χ0) is 21.7. The SMILES string of the molecule is CCOC(=O)c1ccc(NC(=O)C2CCN(S(=O)(=O)c3ccccc3)CC2)cc1Cl. The van der Waals surface area contributed by atoms with E-state index in [1.165, 1.54) is 16.4 Å². The smallest absolute Gasteiger partial charge is 0.339 e. The summed E-state index contributed by atoms with van der Waals surface area (Å²) in [7, 11) is -3.55. The van der Waals surface area contributed by atoms with Crippen LogP contribution in [0.1, 0.15) is 30.1 Å². The molecule has 0 bridgehead atoms. The van der Waals surface area contributed by atoms with E-state index in [1.807, 2.05) is 0 Å². The van der Waals surface area contributed by atoms with Gasteiger partial charge in [0.2, 0.25) is 15.9 Å². The van der Waals surface area contributed by atoms with E-state index >= 15 is 0 Å². The van der Waals surface area contributed by atoms with Crippen molar-refractivity contribution in [3.8, 4) is 0 Å². The number of sulfonamides is 1. The molecule has 1 saturated heterocycles. The van der Waals surface area contributed by atoms with Gasteiger partial charge in [-0.1, -0.05) is 29.8 Å². The third-order valence-electron chi connectivity index (χ3n) is 4.94. The fourth-order valence-electron chi connectivity index (χ4n) is 3.31. The number of anilines is 1. The van der Waals surface area contributed by atoms with Crippen LogP contribution in [0.4, 0.5) is 5.69 Å². The molecule has 0 saturated carbocycles. The highest BCUT2D eigenvalue weighted by molar-refractivity contribution is 7.89. The second-order valence-electron chi connectivity index (χ2n) is 6.90. The van der Waals surface area contributed by atoms with Gasteiger partial charge in [-0.2, -0.15) is 4.31 Å². The number of esters is 1. The summed E-state index contributed by atoms with van der Waals surface area (Å²) in [4.78, 5) is 24.7. The molecule has 0 spiro atoms. The Kier molecular flexibility index (Phi) is 7.12. The Morgan fingerprint density at radius 2 is 1.80 bits per heavy atom. The van der Waals surface area contributed by atoms with Crippen LogP contribution in [-0.2, 0) is 19.6 Å². The molecule has 0 unspecified atom stereocenters. The zero-order valence-corrected chi connectivity index (χ0v) is 18.1. The topological polar surface area (TPSA) is 92.8 Å². The van der Waals surface area contributed by atoms with Crippen LogP contribution in [-0.4, -0.2) is 44.3 Å². The largest absolute Gasteiger partial charge is 0.462 e. The summed E-state index contributed by atoms with van der Waals surface area (Å²) in [5.74, 6) is -1.03. The highest BCUT2D eigenvalue weighted by Crippen LogP contribution is 2.26. The van der Waals surface area contributed by atoms with E-state index < -0.39 is 16.0 Å². The number of hydrogen-bond acceptors (Lipinski definition) is 5. The zero-order valence-electron chi connectivity index (χ0n) is 16.5. The number of benzene rings is 2. The molecule has 1 fully saturated rings. The average Bonchev–Trinajstić information content (AvgIpc) is 2.74. The Bertz CT molecular complexity index is 1020. The van der Waals surface area contributed by atoms with Crippen LogP contribution in [0, 0.1) is 5.92 Å². The first kappa shape index (κ1) is 22.3. The molecular weight excluding hydrogens is 428 g/mol. The Morgan fingerprint density at radius 3 is 2.40 bits per heavy atom. The molecule has 9 heteroatoms. The third kappa shape index (κ3) is 5.00. The predicted octanol–water partition coefficient (Wildman–Crippen LogP) is 3.56. The minimum Gasteiger partial charge on any atom is -0.462 e. The van der Waals surface area contributed by atoms with Crippen LogP contribution < -0.4 is 5.32 Å². The van der Waals surface area contributed by atoms with Gasteiger partial charge in [0, 0.05) is 24.7 Å². The van der Waals surface area contributed by atoms with Gasteiger partial charge >= 0.3 is 5.97 Å². The van der Waals surface area contributed by atoms with Crippen LogP contribution in [0.15, 0.2) is 53.4 Å². The van der Waals surface area contributed by atoms with Gasteiger partial charge in [-0.05, 0) is 50.1 Å². The Labute approximate surface area is 181 Å². The molecule has 0 aliphatic carbocycles. The summed E-state index contributed by atoms with van der Waals surface area (Å²) in [6.45, 7) is 2.50. The first-order valence-electron chi connectivity index (χ1n) is 9.65. The van der Waals surface area contributed by atoms with Crippen molar-refractivity contribution in [2.24, 2.45) is 5.92 Å². The molecule has 1 N–H and O–H groups in total. The third-order valence-corrected chi connectivity index (χ3v) is 7.16. The maximum atomic E-state index is 12.7. The van der Waals surface area contributed by atoms with Gasteiger partial charge in [0.05, 0.1) is 22.1 Å². The molecule has 2 aromatic rings. The van der Waals surface area contributed by atoms with Crippen molar-refractivity contribution in [1.82, 2.24) is 4.31 Å². The van der Waals surface area contributed by atoms with Crippen LogP contribution in [0.2, 0.25) is 5.02 Å². The number of halogens is 1. The minimum atomic E-state index is -3.55. The van der Waals surface area contributed by atoms with E-state index in [2.05, 4.69) is 5.32 Å². The number of piperidine rings is 1. The molecule has 1 aliphatic rings. The number of hydrogen-bond donors (Lipinski definition) is 1. The summed E-state index contributed by atoms with van der Waals surface area (Å²) in [6.07, 6.45) is 0.846. The number of nitrogens with one attached hydrogen (secondary N) is 1. The van der Waals surface area contributed by atoms with Crippen molar-refractivity contribution < 1.29 is 22.7 Å². The van der Waals surface area contributed by atoms with Gasteiger partial charge in [0.25, 0.3) is 0 Å². The molecule has 1 heterocycles. The molecule has 30 heavy (non-hydrogen) atoms. The van der Waals surface area contributed by atoms with Gasteiger partial charge < -0.3 is 10.1 Å². The van der Waals surface area contributed by atoms with E-state index in [0.717, 1.165) is 0 Å². The number of carbonyl (C=O) groups excluding carboxylic acids is 2. The number of rotatable bonds is 6. The molecule has 3 rings (SSSR count). The van der Waals surface area contributed by atoms with Crippen LogP contribution in [0.3, 0.4) is 0 Å². The summed E-state index contributed by atoms with van der Waals surface area (Å²) in [5, 5.41) is 2.98. The van der Waals surface area contributed by atoms with E-state index in [1.54, 1.807) is 43.3 Å². The lowest BCUT2D eigenvalue weighted by Crippen LogP contribution is -2.41. The lowest BCUT2D eigenvalue weighted by molar-refractivity contribution is -0.120. The molecule has 160 valence electrons. The summed E-state index contributed by atoms with van der Waals surface area (Å²) < 4.78 is 31.7. The van der Waals surface area contributed by atoms with Gasteiger partial charge in [-0.15, -0.1) is 0 Å². The maximum Gasteiger partial charge on any atom is 0.339 e. The number of carbonyl (C=O) groups is 2. The Hall–Kier alpha value is -2.42. The molecule has 7 nitrogen and oxygen atoms in total. The van der Waals surface area contributed by atoms with Crippen molar-refractivity contribution in [1.29, 1.82) is 0 Å². The quantitative estimate of drug-likeness (QED) is 0.679. The monoisotopic (exact) mass is 450 g/mol. The van der Waals surface area contributed by atoms with Gasteiger partial charge in [0.15, 0.2) is 0 Å². The maximum absolute atomic E-state index is 12.7. The lowest BCUT2D eigenvalue weighted by atomic mass is 9.97. The molecule has 0 radical (unpaired) electrons. The fourth-order valence-corrected chi connectivity index (χ4v) is 5.06. The normalized spacial score (nSPS) is 15.5. The Morgan fingerprint density at radius 1 is 1.13 bits per heavy atom. The van der Waals surface area contributed by atoms with Crippen LogP contribution in [0.25, 0.3) is 0 Å². The highest BCUT2D eigenvalue weighted by Gasteiger charge is 2.32. The van der Waals surface area contributed by atoms with Crippen molar-refractivity contribution in [3.63, 3.8) is 0 Å². The minimum absolute atomic E-state index is 0.190. The van der Waals surface area contributed by atoms with E-state index in [-0.39, 0.29) is 47.0 Å². The summed E-state index contributed by atoms with van der Waals surface area (Å²) in [6, 6.07) is 12.9. The van der Waals surface area contributed by atoms with Crippen molar-refractivity contribution in [2.45, 2.75) is 24.7 Å². The van der Waals surface area contributed by atoms with Gasteiger partial charge in [-0.3, -0.25) is 4.79 Å². The van der Waals surface area contributed by atoms with Crippen molar-refractivity contribution >= 4 is 39.2 Å². The first-order chi connectivity index (χ1) is 14.3. The van der Waals surface area contributed by atoms with Crippen molar-refractivity contribution in [3.05, 3.63) is 59.1 Å². The van der Waals surface area contributed by atoms with Gasteiger partial charge in [-0.25, -0.2) is 13.2 Å². The molecule has 1 aliphatic heterocycles. The average molecular weight is 451 g/mol. The standard InChI is InChI=1S/C21H23ClN2O5S/c1-2-29-21(26)18-9-8-16(14-19(18)22)23-20(25)15-10-12-24(13-11-15)30(27,28)17-6-4-3-5-7-17/h3-9,14-15H,2,10-13H2,1H3,(H,23,25). The van der Waals surface area contributed by atoms with E-state index in [4.69, 9.17) is 16.3 Å². The van der Waals surface area contributed by atoms with E-state index in [0.29, 0.717) is 18.5 Å². The number of amides is 1. The van der Waals surface area contributed by atoms with Crippen LogP contribution >= 0.6 is 11.6 Å². The summed E-state index contributed by atoms with van der Waals surface area (Å²) >= 11 is 6.13. The summed E-state index contributed by atoms with van der Waals surface area (Å²) in [5.41, 5.74) is 0.702. The first-order valence-corrected chi connectivity index (χ1v) is 11.5.